The van der Waals surface area contributed by atoms with Gasteiger partial charge in [0.15, 0.2) is 0 Å². The number of carbonyl (C=O) groups is 2. The van der Waals surface area contributed by atoms with Gasteiger partial charge in [-0.05, 0) is 30.9 Å². The molecular weight excluding hydrogens is 306 g/mol. The number of nitrogens with two attached hydrogens (primary N) is 1. The average molecular weight is 325 g/mol. The van der Waals surface area contributed by atoms with Crippen LogP contribution in [-0.4, -0.2) is 34.4 Å². The number of para-hydroxylation sites is 1. The molecule has 0 unspecified atom stereocenters. The molecule has 0 atom stereocenters. The van der Waals surface area contributed by atoms with Gasteiger partial charge in [0.2, 0.25) is 11.3 Å². The van der Waals surface area contributed by atoms with E-state index in [9.17, 15) is 14.4 Å². The van der Waals surface area contributed by atoms with Crippen molar-refractivity contribution < 1.29 is 9.59 Å². The van der Waals surface area contributed by atoms with Crippen LogP contribution in [-0.2, 0) is 17.8 Å². The molecule has 2 aliphatic rings. The van der Waals surface area contributed by atoms with Crippen molar-refractivity contribution in [1.29, 1.82) is 0 Å². The Kier molecular flexibility index (Phi) is 3.40. The summed E-state index contributed by atoms with van der Waals surface area (Å²) in [6.45, 7) is 1.72. The van der Waals surface area contributed by atoms with Crippen molar-refractivity contribution >= 4 is 22.7 Å². The van der Waals surface area contributed by atoms with Gasteiger partial charge < -0.3 is 15.2 Å². The number of hydrogen-bond acceptors (Lipinski definition) is 3. The number of primary amides is 1. The topological polar surface area (TPSA) is 85.4 Å². The average Bonchev–Trinajstić information content (AvgIpc) is 3.01. The van der Waals surface area contributed by atoms with Crippen molar-refractivity contribution in [3.63, 3.8) is 0 Å². The van der Waals surface area contributed by atoms with Gasteiger partial charge in [0.05, 0.1) is 5.52 Å². The summed E-state index contributed by atoms with van der Waals surface area (Å²) in [6, 6.07) is 5.70. The summed E-state index contributed by atoms with van der Waals surface area (Å²) in [4.78, 5) is 38.5. The highest BCUT2D eigenvalue weighted by molar-refractivity contribution is 5.98. The fraction of sp³-hybridized carbons (Fsp3) is 0.389. The normalized spacial score (nSPS) is 17.4. The Hall–Kier alpha value is -2.63. The molecule has 4 rings (SSSR count). The molecule has 0 bridgehead atoms. The quantitative estimate of drug-likeness (QED) is 0.890. The molecule has 1 fully saturated rings. The van der Waals surface area contributed by atoms with Crippen LogP contribution in [0.3, 0.4) is 0 Å². The monoisotopic (exact) mass is 325 g/mol. The SMILES string of the molecule is NC(=O)C1CCN(C(=O)c2cn3c4c(cccc4c2=O)CC3)CC1. The summed E-state index contributed by atoms with van der Waals surface area (Å²) in [6.07, 6.45) is 3.71. The molecule has 1 saturated heterocycles. The summed E-state index contributed by atoms with van der Waals surface area (Å²) in [5, 5.41) is 0.614. The lowest BCUT2D eigenvalue weighted by molar-refractivity contribution is -0.123. The summed E-state index contributed by atoms with van der Waals surface area (Å²) >= 11 is 0. The maximum absolute atomic E-state index is 12.8. The first kappa shape index (κ1) is 14.9. The minimum absolute atomic E-state index is 0.174. The van der Waals surface area contributed by atoms with E-state index in [0.29, 0.717) is 31.3 Å². The molecule has 0 aliphatic carbocycles. The number of carbonyl (C=O) groups excluding carboxylic acids is 2. The van der Waals surface area contributed by atoms with Gasteiger partial charge in [-0.3, -0.25) is 14.4 Å². The first-order valence-corrected chi connectivity index (χ1v) is 8.30. The van der Waals surface area contributed by atoms with E-state index < -0.39 is 0 Å². The molecule has 2 N–H and O–H groups in total. The van der Waals surface area contributed by atoms with Crippen molar-refractivity contribution in [3.05, 3.63) is 45.7 Å². The molecule has 3 heterocycles. The van der Waals surface area contributed by atoms with Crippen molar-refractivity contribution in [2.75, 3.05) is 13.1 Å². The van der Waals surface area contributed by atoms with Gasteiger partial charge in [-0.25, -0.2) is 0 Å². The van der Waals surface area contributed by atoms with Crippen LogP contribution in [0.4, 0.5) is 0 Å². The van der Waals surface area contributed by atoms with E-state index in [0.717, 1.165) is 24.0 Å². The molecule has 124 valence electrons. The van der Waals surface area contributed by atoms with Gasteiger partial charge >= 0.3 is 0 Å². The van der Waals surface area contributed by atoms with Gasteiger partial charge in [0.25, 0.3) is 5.91 Å². The van der Waals surface area contributed by atoms with Gasteiger partial charge in [0, 0.05) is 37.1 Å². The molecule has 24 heavy (non-hydrogen) atoms. The van der Waals surface area contributed by atoms with E-state index in [2.05, 4.69) is 0 Å². The van der Waals surface area contributed by atoms with Crippen LogP contribution in [0.15, 0.2) is 29.2 Å². The second-order valence-corrected chi connectivity index (χ2v) is 6.60. The lowest BCUT2D eigenvalue weighted by Crippen LogP contribution is -2.43. The van der Waals surface area contributed by atoms with Crippen LogP contribution >= 0.6 is 0 Å². The fourth-order valence-electron chi connectivity index (χ4n) is 3.85. The van der Waals surface area contributed by atoms with Crippen molar-refractivity contribution in [2.45, 2.75) is 25.8 Å². The molecule has 0 saturated carbocycles. The number of pyridine rings is 1. The third-order valence-corrected chi connectivity index (χ3v) is 5.22. The second-order valence-electron chi connectivity index (χ2n) is 6.60. The zero-order valence-corrected chi connectivity index (χ0v) is 13.3. The lowest BCUT2D eigenvalue weighted by Gasteiger charge is -2.30. The maximum Gasteiger partial charge on any atom is 0.259 e. The van der Waals surface area contributed by atoms with Gasteiger partial charge in [-0.2, -0.15) is 0 Å². The Bertz CT molecular complexity index is 908. The second kappa shape index (κ2) is 5.47. The molecule has 6 nitrogen and oxygen atoms in total. The summed E-state index contributed by atoms with van der Waals surface area (Å²) in [5.74, 6) is -0.730. The van der Waals surface area contributed by atoms with E-state index >= 15 is 0 Å². The largest absolute Gasteiger partial charge is 0.369 e. The van der Waals surface area contributed by atoms with Gasteiger partial charge in [-0.1, -0.05) is 12.1 Å². The highest BCUT2D eigenvalue weighted by Crippen LogP contribution is 2.25. The molecule has 2 aliphatic heterocycles. The smallest absolute Gasteiger partial charge is 0.259 e. The minimum atomic E-state index is -0.311. The number of amides is 2. The number of likely N-dealkylation sites (tertiary alicyclic amines) is 1. The predicted octanol–water partition coefficient (Wildman–Crippen LogP) is 0.895. The van der Waals surface area contributed by atoms with Crippen LogP contribution in [0.2, 0.25) is 0 Å². The standard InChI is InChI=1S/C18H19N3O3/c19-17(23)12-5-7-20(8-6-12)18(24)14-10-21-9-4-11-2-1-3-13(15(11)21)16(14)22/h1-3,10,12H,4-9H2,(H2,19,23). The molecule has 0 spiro atoms. The lowest BCUT2D eigenvalue weighted by atomic mass is 9.96. The van der Waals surface area contributed by atoms with Crippen LogP contribution in [0.25, 0.3) is 10.9 Å². The zero-order valence-electron chi connectivity index (χ0n) is 13.3. The molecule has 1 aromatic heterocycles. The van der Waals surface area contributed by atoms with Crippen LogP contribution in [0.1, 0.15) is 28.8 Å². The summed E-state index contributed by atoms with van der Waals surface area (Å²) in [7, 11) is 0. The van der Waals surface area contributed by atoms with Crippen molar-refractivity contribution in [2.24, 2.45) is 11.7 Å². The van der Waals surface area contributed by atoms with Crippen molar-refractivity contribution in [1.82, 2.24) is 9.47 Å². The third kappa shape index (κ3) is 2.21. The Morgan fingerprint density at radius 2 is 1.88 bits per heavy atom. The molecule has 2 aromatic rings. The first-order chi connectivity index (χ1) is 11.6. The van der Waals surface area contributed by atoms with Gasteiger partial charge in [-0.15, -0.1) is 0 Å². The predicted molar refractivity (Wildman–Crippen MR) is 89.7 cm³/mol. The van der Waals surface area contributed by atoms with Gasteiger partial charge in [0.1, 0.15) is 5.56 Å². The Morgan fingerprint density at radius 1 is 1.12 bits per heavy atom. The maximum atomic E-state index is 12.8. The third-order valence-electron chi connectivity index (χ3n) is 5.22. The molecule has 6 heteroatoms. The zero-order chi connectivity index (χ0) is 16.8. The number of hydrogen-bond donors (Lipinski definition) is 1. The van der Waals surface area contributed by atoms with E-state index in [-0.39, 0.29) is 28.7 Å². The number of rotatable bonds is 2. The van der Waals surface area contributed by atoms with Crippen LogP contribution in [0.5, 0.6) is 0 Å². The fourth-order valence-corrected chi connectivity index (χ4v) is 3.85. The highest BCUT2D eigenvalue weighted by Gasteiger charge is 2.29. The number of aryl methyl sites for hydroxylation is 2. The molecule has 0 radical (unpaired) electrons. The Balaban J connectivity index is 1.69. The molecule has 1 aromatic carbocycles. The number of aromatic nitrogens is 1. The van der Waals surface area contributed by atoms with Crippen LogP contribution < -0.4 is 11.2 Å². The first-order valence-electron chi connectivity index (χ1n) is 8.30. The van der Waals surface area contributed by atoms with Crippen LogP contribution in [0, 0.1) is 5.92 Å². The molecular formula is C18H19N3O3. The number of piperidine rings is 1. The Morgan fingerprint density at radius 3 is 2.58 bits per heavy atom. The summed E-state index contributed by atoms with van der Waals surface area (Å²) < 4.78 is 2.01. The van der Waals surface area contributed by atoms with Crippen molar-refractivity contribution in [3.8, 4) is 0 Å². The highest BCUT2D eigenvalue weighted by atomic mass is 16.2. The Labute approximate surface area is 138 Å². The minimum Gasteiger partial charge on any atom is -0.369 e. The van der Waals surface area contributed by atoms with E-state index in [1.807, 2.05) is 16.7 Å². The van der Waals surface area contributed by atoms with E-state index in [1.165, 1.54) is 0 Å². The number of nitrogens with zero attached hydrogens (tertiary/aromatic N) is 2. The molecule has 2 amide bonds. The van der Waals surface area contributed by atoms with E-state index in [4.69, 9.17) is 5.73 Å². The van der Waals surface area contributed by atoms with E-state index in [1.54, 1.807) is 17.2 Å². The summed E-state index contributed by atoms with van der Waals surface area (Å²) in [5.41, 5.74) is 7.46. The number of benzene rings is 1.